The Bertz CT molecular complexity index is 647. The van der Waals surface area contributed by atoms with E-state index in [9.17, 15) is 0 Å². The molecule has 2 aromatic rings. The smallest absolute Gasteiger partial charge is 0.228 e. The fraction of sp³-hybridized carbons (Fsp3) is 0.467. The van der Waals surface area contributed by atoms with Crippen LogP contribution in [0.3, 0.4) is 0 Å². The Morgan fingerprint density at radius 3 is 2.86 bits per heavy atom. The van der Waals surface area contributed by atoms with Gasteiger partial charge >= 0.3 is 0 Å². The molecule has 6 nitrogen and oxygen atoms in total. The molecule has 1 aromatic carbocycles. The van der Waals surface area contributed by atoms with Gasteiger partial charge in [-0.15, -0.1) is 0 Å². The Kier molecular flexibility index (Phi) is 5.07. The normalized spacial score (nSPS) is 15.3. The number of rotatable bonds is 5. The van der Waals surface area contributed by atoms with Crippen LogP contribution in [0.2, 0.25) is 0 Å². The third kappa shape index (κ3) is 3.48. The maximum atomic E-state index is 8.96. The average molecular weight is 367 g/mol. The van der Waals surface area contributed by atoms with E-state index in [-0.39, 0.29) is 6.61 Å². The predicted octanol–water partition coefficient (Wildman–Crippen LogP) is 2.02. The van der Waals surface area contributed by atoms with Gasteiger partial charge in [-0.05, 0) is 24.6 Å². The van der Waals surface area contributed by atoms with Crippen LogP contribution in [0.4, 0.5) is 11.8 Å². The second-order valence-corrected chi connectivity index (χ2v) is 6.05. The fourth-order valence-electron chi connectivity index (χ4n) is 2.41. The highest BCUT2D eigenvalue weighted by molar-refractivity contribution is 9.10. The van der Waals surface area contributed by atoms with Crippen LogP contribution in [0.1, 0.15) is 6.42 Å². The van der Waals surface area contributed by atoms with E-state index in [1.807, 2.05) is 18.2 Å². The largest absolute Gasteiger partial charge is 0.396 e. The van der Waals surface area contributed by atoms with Gasteiger partial charge in [-0.1, -0.05) is 15.9 Å². The van der Waals surface area contributed by atoms with Gasteiger partial charge in [0.05, 0.1) is 18.7 Å². The minimum Gasteiger partial charge on any atom is -0.396 e. The molecule has 118 valence electrons. The molecular weight excluding hydrogens is 348 g/mol. The van der Waals surface area contributed by atoms with Gasteiger partial charge in [0.1, 0.15) is 5.82 Å². The zero-order valence-corrected chi connectivity index (χ0v) is 13.8. The van der Waals surface area contributed by atoms with Crippen LogP contribution in [0.5, 0.6) is 0 Å². The van der Waals surface area contributed by atoms with E-state index >= 15 is 0 Å². The van der Waals surface area contributed by atoms with Gasteiger partial charge in [0.2, 0.25) is 5.95 Å². The second kappa shape index (κ2) is 7.21. The molecule has 1 aliphatic heterocycles. The molecule has 0 aliphatic carbocycles. The number of aromatic nitrogens is 2. The minimum atomic E-state index is 0.163. The third-order valence-corrected chi connectivity index (χ3v) is 4.06. The number of benzene rings is 1. The Hall–Kier alpha value is -1.44. The molecular formula is C15H19BrN4O2. The lowest BCUT2D eigenvalue weighted by atomic mass is 10.2. The summed E-state index contributed by atoms with van der Waals surface area (Å²) in [6.07, 6.45) is 0.687. The van der Waals surface area contributed by atoms with Crippen molar-refractivity contribution in [2.24, 2.45) is 0 Å². The summed E-state index contributed by atoms with van der Waals surface area (Å²) < 4.78 is 6.38. The molecule has 22 heavy (non-hydrogen) atoms. The van der Waals surface area contributed by atoms with E-state index in [1.165, 1.54) is 0 Å². The quantitative estimate of drug-likeness (QED) is 0.788. The van der Waals surface area contributed by atoms with Crippen molar-refractivity contribution >= 4 is 38.6 Å². The molecule has 0 unspecified atom stereocenters. The third-order valence-electron chi connectivity index (χ3n) is 3.57. The number of aliphatic hydroxyl groups excluding tert-OH is 1. The number of hydrogen-bond donors (Lipinski definition) is 2. The summed E-state index contributed by atoms with van der Waals surface area (Å²) in [6, 6.07) is 5.98. The lowest BCUT2D eigenvalue weighted by molar-refractivity contribution is 0.122. The van der Waals surface area contributed by atoms with Crippen molar-refractivity contribution in [3.05, 3.63) is 22.7 Å². The fourth-order valence-corrected chi connectivity index (χ4v) is 2.77. The number of morpholine rings is 1. The summed E-state index contributed by atoms with van der Waals surface area (Å²) in [6.45, 7) is 3.86. The number of nitrogens with zero attached hydrogens (tertiary/aromatic N) is 3. The highest BCUT2D eigenvalue weighted by atomic mass is 79.9. The number of nitrogens with one attached hydrogen (secondary N) is 1. The number of fused-ring (bicyclic) bond motifs is 1. The van der Waals surface area contributed by atoms with E-state index in [1.54, 1.807) is 0 Å². The van der Waals surface area contributed by atoms with Gasteiger partial charge in [0.15, 0.2) is 0 Å². The van der Waals surface area contributed by atoms with Crippen molar-refractivity contribution < 1.29 is 9.84 Å². The maximum absolute atomic E-state index is 8.96. The van der Waals surface area contributed by atoms with Gasteiger partial charge < -0.3 is 20.1 Å². The zero-order chi connectivity index (χ0) is 15.4. The highest BCUT2D eigenvalue weighted by Crippen LogP contribution is 2.27. The average Bonchev–Trinajstić information content (AvgIpc) is 2.56. The topological polar surface area (TPSA) is 70.5 Å². The molecule has 1 saturated heterocycles. The molecule has 1 aliphatic rings. The first-order valence-corrected chi connectivity index (χ1v) is 8.22. The van der Waals surface area contributed by atoms with Crippen LogP contribution in [0.25, 0.3) is 10.9 Å². The van der Waals surface area contributed by atoms with Crippen LogP contribution in [-0.2, 0) is 4.74 Å². The van der Waals surface area contributed by atoms with Crippen molar-refractivity contribution in [2.45, 2.75) is 6.42 Å². The summed E-state index contributed by atoms with van der Waals surface area (Å²) >= 11 is 3.49. The molecule has 3 rings (SSSR count). The molecule has 1 aromatic heterocycles. The molecule has 0 atom stereocenters. The SMILES string of the molecule is OCCCNc1nc(N2CCOCC2)nc2ccc(Br)cc12. The standard InChI is InChI=1S/C15H19BrN4O2/c16-11-2-3-13-12(10-11)14(17-4-1-7-21)19-15(18-13)20-5-8-22-9-6-20/h2-3,10,21H,1,4-9H2,(H,17,18,19). The maximum Gasteiger partial charge on any atom is 0.228 e. The first-order chi connectivity index (χ1) is 10.8. The van der Waals surface area contributed by atoms with Crippen molar-refractivity contribution in [3.63, 3.8) is 0 Å². The van der Waals surface area contributed by atoms with Gasteiger partial charge in [0, 0.05) is 36.1 Å². The Labute approximate surface area is 137 Å². The number of anilines is 2. The van der Waals surface area contributed by atoms with Crippen LogP contribution in [-0.4, -0.2) is 54.5 Å². The molecule has 7 heteroatoms. The van der Waals surface area contributed by atoms with E-state index in [0.717, 1.165) is 40.2 Å². The summed E-state index contributed by atoms with van der Waals surface area (Å²) in [4.78, 5) is 11.5. The molecule has 0 spiro atoms. The Morgan fingerprint density at radius 1 is 1.27 bits per heavy atom. The second-order valence-electron chi connectivity index (χ2n) is 5.14. The first kappa shape index (κ1) is 15.5. The van der Waals surface area contributed by atoms with Crippen molar-refractivity contribution in [3.8, 4) is 0 Å². The highest BCUT2D eigenvalue weighted by Gasteiger charge is 2.16. The molecule has 0 bridgehead atoms. The Balaban J connectivity index is 1.97. The van der Waals surface area contributed by atoms with Gasteiger partial charge in [-0.2, -0.15) is 4.98 Å². The lowest BCUT2D eigenvalue weighted by Gasteiger charge is -2.27. The van der Waals surface area contributed by atoms with Crippen molar-refractivity contribution in [1.82, 2.24) is 9.97 Å². The molecule has 2 N–H and O–H groups in total. The summed E-state index contributed by atoms with van der Waals surface area (Å²) in [5.41, 5.74) is 0.909. The zero-order valence-electron chi connectivity index (χ0n) is 12.3. The van der Waals surface area contributed by atoms with Gasteiger partial charge in [0.25, 0.3) is 0 Å². The predicted molar refractivity (Wildman–Crippen MR) is 90.5 cm³/mol. The molecule has 1 fully saturated rings. The lowest BCUT2D eigenvalue weighted by Crippen LogP contribution is -2.37. The molecule has 0 saturated carbocycles. The number of aliphatic hydroxyl groups is 1. The summed E-state index contributed by atoms with van der Waals surface area (Å²) in [5, 5.41) is 13.2. The minimum absolute atomic E-state index is 0.163. The molecule has 2 heterocycles. The van der Waals surface area contributed by atoms with Crippen LogP contribution < -0.4 is 10.2 Å². The van der Waals surface area contributed by atoms with Gasteiger partial charge in [-0.3, -0.25) is 0 Å². The summed E-state index contributed by atoms with van der Waals surface area (Å²) in [5.74, 6) is 1.53. The summed E-state index contributed by atoms with van der Waals surface area (Å²) in [7, 11) is 0. The van der Waals surface area contributed by atoms with E-state index in [4.69, 9.17) is 9.84 Å². The van der Waals surface area contributed by atoms with Crippen LogP contribution in [0, 0.1) is 0 Å². The van der Waals surface area contributed by atoms with Gasteiger partial charge in [-0.25, -0.2) is 4.98 Å². The monoisotopic (exact) mass is 366 g/mol. The van der Waals surface area contributed by atoms with E-state index in [0.29, 0.717) is 26.2 Å². The molecule has 0 radical (unpaired) electrons. The Morgan fingerprint density at radius 2 is 2.09 bits per heavy atom. The van der Waals surface area contributed by atoms with Crippen LogP contribution in [0.15, 0.2) is 22.7 Å². The molecule has 0 amide bonds. The first-order valence-electron chi connectivity index (χ1n) is 7.42. The number of hydrogen-bond acceptors (Lipinski definition) is 6. The number of ether oxygens (including phenoxy) is 1. The number of halogens is 1. The van der Waals surface area contributed by atoms with Crippen molar-refractivity contribution in [2.75, 3.05) is 49.7 Å². The van der Waals surface area contributed by atoms with Crippen LogP contribution >= 0.6 is 15.9 Å². The van der Waals surface area contributed by atoms with E-state index in [2.05, 4.69) is 36.1 Å². The van der Waals surface area contributed by atoms with Crippen molar-refractivity contribution in [1.29, 1.82) is 0 Å². The van der Waals surface area contributed by atoms with E-state index < -0.39 is 0 Å².